The Bertz CT molecular complexity index is 971. The number of nitrogens with one attached hydrogen (secondary N) is 1. The molecule has 9 heteroatoms. The van der Waals surface area contributed by atoms with E-state index in [0.717, 1.165) is 21.5 Å². The predicted molar refractivity (Wildman–Crippen MR) is 114 cm³/mol. The number of amides is 1. The molecule has 0 aliphatic carbocycles. The molecule has 28 heavy (non-hydrogen) atoms. The van der Waals surface area contributed by atoms with E-state index < -0.39 is 0 Å². The standard InChI is InChI=1S/C19H18BrN5O2S/c1-13-23-24-19(25(13)21-11-14-3-9-17(27-2)10-4-14)28-12-18(26)22-16-7-5-15(20)6-8-16/h3-11H,12H2,1-2H3,(H,22,26)/b21-11+. The average molecular weight is 460 g/mol. The molecule has 144 valence electrons. The van der Waals surface area contributed by atoms with Crippen molar-refractivity contribution in [2.24, 2.45) is 5.10 Å². The third-order valence-electron chi connectivity index (χ3n) is 3.67. The molecule has 0 radical (unpaired) electrons. The van der Waals surface area contributed by atoms with Crippen LogP contribution in [0.2, 0.25) is 0 Å². The van der Waals surface area contributed by atoms with Crippen LogP contribution >= 0.6 is 27.7 Å². The predicted octanol–water partition coefficient (Wildman–Crippen LogP) is 3.97. The first-order valence-corrected chi connectivity index (χ1v) is 10.1. The molecule has 0 spiro atoms. The summed E-state index contributed by atoms with van der Waals surface area (Å²) in [7, 11) is 1.63. The number of hydrogen-bond acceptors (Lipinski definition) is 6. The van der Waals surface area contributed by atoms with E-state index in [1.165, 1.54) is 11.8 Å². The number of aryl methyl sites for hydroxylation is 1. The van der Waals surface area contributed by atoms with E-state index in [-0.39, 0.29) is 11.7 Å². The third kappa shape index (κ3) is 5.43. The molecule has 2 aromatic carbocycles. The Labute approximate surface area is 175 Å². The smallest absolute Gasteiger partial charge is 0.234 e. The van der Waals surface area contributed by atoms with Gasteiger partial charge in [0, 0.05) is 10.2 Å². The number of carbonyl (C=O) groups is 1. The van der Waals surface area contributed by atoms with Crippen LogP contribution in [0.25, 0.3) is 0 Å². The molecule has 1 heterocycles. The van der Waals surface area contributed by atoms with Gasteiger partial charge in [-0.3, -0.25) is 4.79 Å². The topological polar surface area (TPSA) is 81.4 Å². The summed E-state index contributed by atoms with van der Waals surface area (Å²) in [5, 5.41) is 16.0. The molecule has 0 atom stereocenters. The van der Waals surface area contributed by atoms with E-state index in [0.29, 0.717) is 11.0 Å². The largest absolute Gasteiger partial charge is 0.497 e. The van der Waals surface area contributed by atoms with E-state index in [9.17, 15) is 4.79 Å². The van der Waals surface area contributed by atoms with Crippen LogP contribution in [-0.4, -0.2) is 39.9 Å². The minimum absolute atomic E-state index is 0.126. The molecule has 1 aromatic heterocycles. The number of carbonyl (C=O) groups excluding carboxylic acids is 1. The Morgan fingerprint density at radius 2 is 1.93 bits per heavy atom. The van der Waals surface area contributed by atoms with Gasteiger partial charge in [-0.2, -0.15) is 9.78 Å². The molecule has 0 bridgehead atoms. The molecule has 0 aliphatic rings. The normalized spacial score (nSPS) is 11.0. The summed E-state index contributed by atoms with van der Waals surface area (Å²) in [6, 6.07) is 14.9. The molecule has 7 nitrogen and oxygen atoms in total. The number of nitrogens with zero attached hydrogens (tertiary/aromatic N) is 4. The highest BCUT2D eigenvalue weighted by atomic mass is 79.9. The number of rotatable bonds is 7. The van der Waals surface area contributed by atoms with E-state index in [2.05, 4.69) is 36.5 Å². The first kappa shape index (κ1) is 20.1. The lowest BCUT2D eigenvalue weighted by atomic mass is 10.2. The average Bonchev–Trinajstić information content (AvgIpc) is 3.06. The van der Waals surface area contributed by atoms with E-state index in [1.54, 1.807) is 18.0 Å². The molecule has 1 amide bonds. The molecule has 3 aromatic rings. The molecule has 0 saturated carbocycles. The fraction of sp³-hybridized carbons (Fsp3) is 0.158. The van der Waals surface area contributed by atoms with Crippen molar-refractivity contribution in [1.82, 2.24) is 14.9 Å². The number of ether oxygens (including phenoxy) is 1. The van der Waals surface area contributed by atoms with Crippen molar-refractivity contribution in [2.45, 2.75) is 12.1 Å². The van der Waals surface area contributed by atoms with Gasteiger partial charge >= 0.3 is 0 Å². The lowest BCUT2D eigenvalue weighted by molar-refractivity contribution is -0.113. The van der Waals surface area contributed by atoms with Crippen LogP contribution in [0.15, 0.2) is 63.3 Å². The van der Waals surface area contributed by atoms with Gasteiger partial charge in [-0.1, -0.05) is 27.7 Å². The molecular weight excluding hydrogens is 442 g/mol. The number of thioether (sulfide) groups is 1. The summed E-state index contributed by atoms with van der Waals surface area (Å²) in [4.78, 5) is 12.2. The molecule has 0 fully saturated rings. The van der Waals surface area contributed by atoms with E-state index in [1.807, 2.05) is 55.5 Å². The number of hydrogen-bond donors (Lipinski definition) is 1. The minimum atomic E-state index is -0.126. The monoisotopic (exact) mass is 459 g/mol. The Kier molecular flexibility index (Phi) is 6.83. The van der Waals surface area contributed by atoms with Crippen LogP contribution in [0.5, 0.6) is 5.75 Å². The van der Waals surface area contributed by atoms with Gasteiger partial charge in [0.25, 0.3) is 0 Å². The number of aromatic nitrogens is 3. The van der Waals surface area contributed by atoms with Gasteiger partial charge in [0.05, 0.1) is 19.1 Å². The second kappa shape index (κ2) is 9.52. The van der Waals surface area contributed by atoms with Crippen molar-refractivity contribution in [3.05, 3.63) is 64.4 Å². The van der Waals surface area contributed by atoms with Gasteiger partial charge in [-0.25, -0.2) is 0 Å². The number of methoxy groups -OCH3 is 1. The van der Waals surface area contributed by atoms with Crippen molar-refractivity contribution >= 4 is 45.5 Å². The zero-order chi connectivity index (χ0) is 19.9. The highest BCUT2D eigenvalue weighted by Gasteiger charge is 2.11. The molecule has 0 unspecified atom stereocenters. The molecular formula is C19H18BrN5O2S. The highest BCUT2D eigenvalue weighted by molar-refractivity contribution is 9.10. The number of benzene rings is 2. The van der Waals surface area contributed by atoms with E-state index in [4.69, 9.17) is 4.74 Å². The first-order chi connectivity index (χ1) is 13.5. The lowest BCUT2D eigenvalue weighted by Crippen LogP contribution is -2.14. The molecule has 0 aliphatic heterocycles. The van der Waals surface area contributed by atoms with Crippen molar-refractivity contribution in [3.8, 4) is 5.75 Å². The van der Waals surface area contributed by atoms with Crippen LogP contribution in [0.3, 0.4) is 0 Å². The van der Waals surface area contributed by atoms with Crippen molar-refractivity contribution in [1.29, 1.82) is 0 Å². The molecule has 0 saturated heterocycles. The second-order valence-electron chi connectivity index (χ2n) is 5.70. The third-order valence-corrected chi connectivity index (χ3v) is 5.11. The van der Waals surface area contributed by atoms with Crippen LogP contribution in [0, 0.1) is 6.92 Å². The summed E-state index contributed by atoms with van der Waals surface area (Å²) >= 11 is 4.64. The van der Waals surface area contributed by atoms with Crippen LogP contribution in [0.4, 0.5) is 5.69 Å². The van der Waals surface area contributed by atoms with Crippen molar-refractivity contribution in [2.75, 3.05) is 18.2 Å². The SMILES string of the molecule is COc1ccc(/C=N/n2c(C)nnc2SCC(=O)Nc2ccc(Br)cc2)cc1. The van der Waals surface area contributed by atoms with Gasteiger partial charge in [0.1, 0.15) is 5.75 Å². The molecule has 3 rings (SSSR count). The zero-order valence-corrected chi connectivity index (χ0v) is 17.7. The van der Waals surface area contributed by atoms with Crippen LogP contribution in [-0.2, 0) is 4.79 Å². The quantitative estimate of drug-likeness (QED) is 0.426. The van der Waals surface area contributed by atoms with E-state index >= 15 is 0 Å². The van der Waals surface area contributed by atoms with Gasteiger partial charge in [-0.15, -0.1) is 10.2 Å². The Morgan fingerprint density at radius 1 is 1.21 bits per heavy atom. The maximum atomic E-state index is 12.2. The Balaban J connectivity index is 1.62. The van der Waals surface area contributed by atoms with Gasteiger partial charge in [-0.05, 0) is 61.0 Å². The molecule has 1 N–H and O–H groups in total. The van der Waals surface area contributed by atoms with Crippen molar-refractivity contribution < 1.29 is 9.53 Å². The van der Waals surface area contributed by atoms with Gasteiger partial charge < -0.3 is 10.1 Å². The maximum absolute atomic E-state index is 12.2. The number of anilines is 1. The minimum Gasteiger partial charge on any atom is -0.497 e. The zero-order valence-electron chi connectivity index (χ0n) is 15.3. The second-order valence-corrected chi connectivity index (χ2v) is 7.56. The lowest BCUT2D eigenvalue weighted by Gasteiger charge is -2.05. The van der Waals surface area contributed by atoms with Crippen molar-refractivity contribution in [3.63, 3.8) is 0 Å². The highest BCUT2D eigenvalue weighted by Crippen LogP contribution is 2.19. The maximum Gasteiger partial charge on any atom is 0.234 e. The van der Waals surface area contributed by atoms with Crippen LogP contribution in [0.1, 0.15) is 11.4 Å². The van der Waals surface area contributed by atoms with Gasteiger partial charge in [0.15, 0.2) is 5.82 Å². The fourth-order valence-electron chi connectivity index (χ4n) is 2.24. The summed E-state index contributed by atoms with van der Waals surface area (Å²) in [5.74, 6) is 1.50. The summed E-state index contributed by atoms with van der Waals surface area (Å²) < 4.78 is 7.72. The van der Waals surface area contributed by atoms with Crippen LogP contribution < -0.4 is 10.1 Å². The number of halogens is 1. The van der Waals surface area contributed by atoms with Gasteiger partial charge in [0.2, 0.25) is 11.1 Å². The Morgan fingerprint density at radius 3 is 2.61 bits per heavy atom. The Hall–Kier alpha value is -2.65. The summed E-state index contributed by atoms with van der Waals surface area (Å²) in [6.45, 7) is 1.81. The summed E-state index contributed by atoms with van der Waals surface area (Å²) in [5.41, 5.74) is 1.65. The first-order valence-electron chi connectivity index (χ1n) is 8.34. The summed E-state index contributed by atoms with van der Waals surface area (Å²) in [6.07, 6.45) is 1.71. The fourth-order valence-corrected chi connectivity index (χ4v) is 3.23.